The monoisotopic (exact) mass is 237 g/mol. The molecule has 0 atom stereocenters. The third kappa shape index (κ3) is 1.63. The van der Waals surface area contributed by atoms with Crippen LogP contribution >= 0.6 is 0 Å². The Morgan fingerprint density at radius 1 is 1.47 bits per heavy atom. The Hall–Kier alpha value is -2.04. The highest BCUT2D eigenvalue weighted by Gasteiger charge is 2.21. The predicted octanol–water partition coefficient (Wildman–Crippen LogP) is 2.25. The summed E-state index contributed by atoms with van der Waals surface area (Å²) in [6, 6.07) is 3.08. The number of methoxy groups -OCH3 is 1. The Balaban J connectivity index is 2.77. The van der Waals surface area contributed by atoms with Crippen molar-refractivity contribution in [3.05, 3.63) is 29.3 Å². The molecule has 0 saturated heterocycles. The van der Waals surface area contributed by atoms with E-state index in [0.717, 1.165) is 0 Å². The second-order valence-corrected chi connectivity index (χ2v) is 3.57. The van der Waals surface area contributed by atoms with Gasteiger partial charge in [0.15, 0.2) is 11.3 Å². The largest absolute Gasteiger partial charge is 0.494 e. The smallest absolute Gasteiger partial charge is 0.255 e. The standard InChI is InChI=1S/C12H12FNO3/c1-6-9(12(15)14-2)7-4-5-8(16-3)10(13)11(7)17-6/h4-5H,1-3H3,(H,14,15). The zero-order valence-corrected chi connectivity index (χ0v) is 9.76. The zero-order valence-electron chi connectivity index (χ0n) is 9.76. The Labute approximate surface area is 97.4 Å². The molecule has 0 spiro atoms. The predicted molar refractivity (Wildman–Crippen MR) is 60.9 cm³/mol. The van der Waals surface area contributed by atoms with Crippen molar-refractivity contribution in [1.82, 2.24) is 5.32 Å². The number of fused-ring (bicyclic) bond motifs is 1. The lowest BCUT2D eigenvalue weighted by Gasteiger charge is -2.01. The first-order valence-electron chi connectivity index (χ1n) is 5.07. The number of ether oxygens (including phenoxy) is 1. The summed E-state index contributed by atoms with van der Waals surface area (Å²) in [6.07, 6.45) is 0. The summed E-state index contributed by atoms with van der Waals surface area (Å²) >= 11 is 0. The Morgan fingerprint density at radius 2 is 2.18 bits per heavy atom. The van der Waals surface area contributed by atoms with E-state index >= 15 is 0 Å². The van der Waals surface area contributed by atoms with Gasteiger partial charge in [-0.25, -0.2) is 0 Å². The van der Waals surface area contributed by atoms with Crippen LogP contribution in [0.3, 0.4) is 0 Å². The number of amides is 1. The van der Waals surface area contributed by atoms with Crippen LogP contribution < -0.4 is 10.1 Å². The molecule has 17 heavy (non-hydrogen) atoms. The SMILES string of the molecule is CNC(=O)c1c(C)oc2c(F)c(OC)ccc12. The van der Waals surface area contributed by atoms with Crippen LogP contribution in [0.15, 0.2) is 16.5 Å². The molecule has 1 amide bonds. The highest BCUT2D eigenvalue weighted by Crippen LogP contribution is 2.32. The van der Waals surface area contributed by atoms with Crippen molar-refractivity contribution < 1.29 is 18.3 Å². The van der Waals surface area contributed by atoms with E-state index < -0.39 is 5.82 Å². The maximum atomic E-state index is 13.9. The summed E-state index contributed by atoms with van der Waals surface area (Å²) in [6.45, 7) is 1.62. The van der Waals surface area contributed by atoms with Crippen molar-refractivity contribution in [1.29, 1.82) is 0 Å². The number of rotatable bonds is 2. The van der Waals surface area contributed by atoms with E-state index in [0.29, 0.717) is 16.7 Å². The minimum absolute atomic E-state index is 0.0421. The first-order valence-corrected chi connectivity index (χ1v) is 5.07. The fourth-order valence-electron chi connectivity index (χ4n) is 1.79. The van der Waals surface area contributed by atoms with Gasteiger partial charge < -0.3 is 14.5 Å². The number of carbonyl (C=O) groups excluding carboxylic acids is 1. The van der Waals surface area contributed by atoms with Crippen molar-refractivity contribution in [2.45, 2.75) is 6.92 Å². The number of aryl methyl sites for hydroxylation is 1. The molecule has 0 saturated carbocycles. The van der Waals surface area contributed by atoms with E-state index in [1.165, 1.54) is 20.2 Å². The summed E-state index contributed by atoms with van der Waals surface area (Å²) < 4.78 is 24.0. The van der Waals surface area contributed by atoms with Gasteiger partial charge in [-0.2, -0.15) is 4.39 Å². The second-order valence-electron chi connectivity index (χ2n) is 3.57. The molecule has 2 rings (SSSR count). The summed E-state index contributed by atoms with van der Waals surface area (Å²) in [7, 11) is 2.89. The molecule has 0 aliphatic rings. The molecule has 1 heterocycles. The average Bonchev–Trinajstić information content (AvgIpc) is 2.66. The Kier molecular flexibility index (Phi) is 2.75. The van der Waals surface area contributed by atoms with Crippen molar-refractivity contribution in [2.24, 2.45) is 0 Å². The number of furan rings is 1. The quantitative estimate of drug-likeness (QED) is 0.871. The minimum atomic E-state index is -0.594. The fraction of sp³-hybridized carbons (Fsp3) is 0.250. The number of hydrogen-bond acceptors (Lipinski definition) is 3. The topological polar surface area (TPSA) is 51.5 Å². The van der Waals surface area contributed by atoms with Gasteiger partial charge in [-0.05, 0) is 19.1 Å². The molecule has 1 aromatic carbocycles. The maximum Gasteiger partial charge on any atom is 0.255 e. The number of carbonyl (C=O) groups is 1. The number of halogens is 1. The van der Waals surface area contributed by atoms with E-state index in [9.17, 15) is 9.18 Å². The molecule has 0 bridgehead atoms. The first kappa shape index (κ1) is 11.4. The summed E-state index contributed by atoms with van der Waals surface area (Å²) in [5.41, 5.74) is 0.393. The van der Waals surface area contributed by atoms with Gasteiger partial charge in [-0.1, -0.05) is 0 Å². The van der Waals surface area contributed by atoms with Crippen LogP contribution in [-0.2, 0) is 0 Å². The van der Waals surface area contributed by atoms with E-state index in [1.807, 2.05) is 0 Å². The van der Waals surface area contributed by atoms with Gasteiger partial charge in [-0.3, -0.25) is 4.79 Å². The molecule has 5 heteroatoms. The van der Waals surface area contributed by atoms with Crippen LogP contribution in [0, 0.1) is 12.7 Å². The van der Waals surface area contributed by atoms with E-state index in [1.54, 1.807) is 13.0 Å². The number of hydrogen-bond donors (Lipinski definition) is 1. The van der Waals surface area contributed by atoms with Gasteiger partial charge in [-0.15, -0.1) is 0 Å². The maximum absolute atomic E-state index is 13.9. The molecule has 0 fully saturated rings. The molecule has 1 N–H and O–H groups in total. The van der Waals surface area contributed by atoms with E-state index in [2.05, 4.69) is 5.32 Å². The lowest BCUT2D eigenvalue weighted by atomic mass is 10.1. The number of nitrogens with one attached hydrogen (secondary N) is 1. The zero-order chi connectivity index (χ0) is 12.6. The normalized spacial score (nSPS) is 10.6. The van der Waals surface area contributed by atoms with Crippen LogP contribution in [0.1, 0.15) is 16.1 Å². The van der Waals surface area contributed by atoms with Crippen LogP contribution in [0.25, 0.3) is 11.0 Å². The van der Waals surface area contributed by atoms with Crippen LogP contribution in [-0.4, -0.2) is 20.1 Å². The average molecular weight is 237 g/mol. The molecule has 1 aromatic heterocycles. The Morgan fingerprint density at radius 3 is 2.76 bits per heavy atom. The molecule has 4 nitrogen and oxygen atoms in total. The first-order chi connectivity index (χ1) is 8.10. The minimum Gasteiger partial charge on any atom is -0.494 e. The molecule has 90 valence electrons. The third-order valence-corrected chi connectivity index (χ3v) is 2.61. The van der Waals surface area contributed by atoms with Gasteiger partial charge in [0.1, 0.15) is 5.76 Å². The van der Waals surface area contributed by atoms with Crippen LogP contribution in [0.2, 0.25) is 0 Å². The van der Waals surface area contributed by atoms with Gasteiger partial charge in [0.2, 0.25) is 5.82 Å². The molecule has 2 aromatic rings. The van der Waals surface area contributed by atoms with Gasteiger partial charge in [0, 0.05) is 12.4 Å². The van der Waals surface area contributed by atoms with Crippen molar-refractivity contribution >= 4 is 16.9 Å². The molecular formula is C12H12FNO3. The summed E-state index contributed by atoms with van der Waals surface area (Å²) in [5.74, 6) is -0.421. The summed E-state index contributed by atoms with van der Waals surface area (Å²) in [4.78, 5) is 11.7. The van der Waals surface area contributed by atoms with Crippen LogP contribution in [0.5, 0.6) is 5.75 Å². The van der Waals surface area contributed by atoms with E-state index in [4.69, 9.17) is 9.15 Å². The van der Waals surface area contributed by atoms with Crippen molar-refractivity contribution in [2.75, 3.05) is 14.2 Å². The van der Waals surface area contributed by atoms with Crippen molar-refractivity contribution in [3.63, 3.8) is 0 Å². The lowest BCUT2D eigenvalue weighted by molar-refractivity contribution is 0.0963. The molecular weight excluding hydrogens is 225 g/mol. The lowest BCUT2D eigenvalue weighted by Crippen LogP contribution is -2.18. The molecule has 0 unspecified atom stereocenters. The highest BCUT2D eigenvalue weighted by atomic mass is 19.1. The van der Waals surface area contributed by atoms with Crippen molar-refractivity contribution in [3.8, 4) is 5.75 Å². The second kappa shape index (κ2) is 4.08. The van der Waals surface area contributed by atoms with Gasteiger partial charge >= 0.3 is 0 Å². The Bertz CT molecular complexity index is 589. The van der Waals surface area contributed by atoms with E-state index in [-0.39, 0.29) is 17.2 Å². The third-order valence-electron chi connectivity index (χ3n) is 2.61. The molecule has 0 aliphatic heterocycles. The summed E-state index contributed by atoms with van der Waals surface area (Å²) in [5, 5.41) is 2.94. The van der Waals surface area contributed by atoms with Crippen LogP contribution in [0.4, 0.5) is 4.39 Å². The van der Waals surface area contributed by atoms with Gasteiger partial charge in [0.05, 0.1) is 12.7 Å². The highest BCUT2D eigenvalue weighted by molar-refractivity contribution is 6.07. The molecule has 0 aliphatic carbocycles. The number of benzene rings is 1. The fourth-order valence-corrected chi connectivity index (χ4v) is 1.79. The molecule has 0 radical (unpaired) electrons. The van der Waals surface area contributed by atoms with Gasteiger partial charge in [0.25, 0.3) is 5.91 Å².